The molecule has 0 atom stereocenters. The van der Waals surface area contributed by atoms with Crippen LogP contribution in [0, 0.1) is 0 Å². The van der Waals surface area contributed by atoms with Gasteiger partial charge in [-0.3, -0.25) is 0 Å². The summed E-state index contributed by atoms with van der Waals surface area (Å²) in [5.41, 5.74) is -0.226. The number of anilines is 1. The van der Waals surface area contributed by atoms with Gasteiger partial charge in [-0.05, 0) is 0 Å². The third kappa shape index (κ3) is 3.66. The first kappa shape index (κ1) is 18.1. The third-order valence-corrected chi connectivity index (χ3v) is 6.17. The summed E-state index contributed by atoms with van der Waals surface area (Å²) >= 11 is -0.586. The van der Waals surface area contributed by atoms with E-state index in [9.17, 15) is 4.79 Å². The van der Waals surface area contributed by atoms with Gasteiger partial charge in [0.1, 0.15) is 0 Å². The van der Waals surface area contributed by atoms with Crippen LogP contribution in [0.4, 0.5) is 5.95 Å². The van der Waals surface area contributed by atoms with Crippen molar-refractivity contribution in [3.63, 3.8) is 0 Å². The van der Waals surface area contributed by atoms with Crippen LogP contribution in [0.1, 0.15) is 47.6 Å². The molecule has 0 spiro atoms. The Hall–Kier alpha value is -1.22. The summed E-state index contributed by atoms with van der Waals surface area (Å²) < 4.78 is 6.18. The Morgan fingerprint density at radius 1 is 1.13 bits per heavy atom. The van der Waals surface area contributed by atoms with Gasteiger partial charge >= 0.3 is 144 Å². The SMILES string of the molecule is CC(C)[N]([Ge][N](C)C)c1nc2c(c(=O)n1C(C)C)=NC(C)(C)N=2. The average molecular weight is 379 g/mol. The van der Waals surface area contributed by atoms with Crippen LogP contribution in [0.2, 0.25) is 0 Å². The van der Waals surface area contributed by atoms with Gasteiger partial charge < -0.3 is 0 Å². The normalized spacial score (nSPS) is 15.8. The zero-order valence-electron chi connectivity index (χ0n) is 15.2. The third-order valence-electron chi connectivity index (χ3n) is 3.38. The van der Waals surface area contributed by atoms with E-state index in [0.29, 0.717) is 16.8 Å². The first-order valence-corrected chi connectivity index (χ1v) is 9.76. The summed E-state index contributed by atoms with van der Waals surface area (Å²) in [5.74, 6) is 0.712. The van der Waals surface area contributed by atoms with Crippen LogP contribution in [-0.4, -0.2) is 55.1 Å². The molecule has 2 rings (SSSR count). The van der Waals surface area contributed by atoms with Crippen molar-refractivity contribution in [1.29, 1.82) is 0 Å². The molecule has 2 radical (unpaired) electrons. The molecule has 8 heteroatoms. The Morgan fingerprint density at radius 3 is 2.22 bits per heavy atom. The number of hydrogen-bond donors (Lipinski definition) is 0. The van der Waals surface area contributed by atoms with Gasteiger partial charge in [0.15, 0.2) is 0 Å². The van der Waals surface area contributed by atoms with Crippen LogP contribution in [0.15, 0.2) is 14.8 Å². The van der Waals surface area contributed by atoms with Crippen molar-refractivity contribution in [3.8, 4) is 0 Å². The molecule has 0 unspecified atom stereocenters. The van der Waals surface area contributed by atoms with E-state index in [1.54, 1.807) is 4.57 Å². The molecule has 0 aromatic carbocycles. The maximum absolute atomic E-state index is 13.0. The Balaban J connectivity index is 2.78. The van der Waals surface area contributed by atoms with E-state index in [-0.39, 0.29) is 17.6 Å². The molecule has 126 valence electrons. The maximum atomic E-state index is 13.0. The van der Waals surface area contributed by atoms with E-state index in [2.05, 4.69) is 45.6 Å². The molecule has 1 aromatic rings. The van der Waals surface area contributed by atoms with Crippen molar-refractivity contribution >= 4 is 21.8 Å². The van der Waals surface area contributed by atoms with Crippen LogP contribution >= 0.6 is 0 Å². The minimum absolute atomic E-state index is 0.0178. The number of aromatic nitrogens is 2. The van der Waals surface area contributed by atoms with E-state index >= 15 is 0 Å². The first-order chi connectivity index (χ1) is 10.5. The van der Waals surface area contributed by atoms with Gasteiger partial charge in [-0.15, -0.1) is 0 Å². The summed E-state index contributed by atoms with van der Waals surface area (Å²) in [7, 11) is 4.12. The van der Waals surface area contributed by atoms with E-state index in [1.807, 2.05) is 27.7 Å². The summed E-state index contributed by atoms with van der Waals surface area (Å²) in [4.78, 5) is 26.7. The Labute approximate surface area is 144 Å². The monoisotopic (exact) mass is 380 g/mol. The second kappa shape index (κ2) is 6.35. The fourth-order valence-corrected chi connectivity index (χ4v) is 4.38. The summed E-state index contributed by atoms with van der Waals surface area (Å²) in [5, 5.41) is 0.390. The molecule has 0 saturated heterocycles. The van der Waals surface area contributed by atoms with Crippen LogP contribution in [0.5, 0.6) is 0 Å². The standard InChI is InChI=1S/C15H26GeN6O/c1-9(2)21-13(23)11-12(19-15(5,6)18-11)17-14(21)22(10(3)4)16-20(7)8/h9-10H,1-8H3. The van der Waals surface area contributed by atoms with Crippen LogP contribution in [-0.2, 0) is 0 Å². The molecule has 23 heavy (non-hydrogen) atoms. The number of fused-ring (bicyclic) bond motifs is 1. The Bertz CT molecular complexity index is 765. The molecule has 1 aliphatic heterocycles. The predicted molar refractivity (Wildman–Crippen MR) is 92.3 cm³/mol. The van der Waals surface area contributed by atoms with Crippen LogP contribution in [0.3, 0.4) is 0 Å². The van der Waals surface area contributed by atoms with Gasteiger partial charge in [-0.25, -0.2) is 0 Å². The van der Waals surface area contributed by atoms with Gasteiger partial charge in [0, 0.05) is 0 Å². The molecule has 0 N–H and O–H groups in total. The van der Waals surface area contributed by atoms with Gasteiger partial charge in [0.2, 0.25) is 0 Å². The van der Waals surface area contributed by atoms with E-state index < -0.39 is 21.5 Å². The second-order valence-electron chi connectivity index (χ2n) is 7.03. The molecule has 0 aliphatic carbocycles. The van der Waals surface area contributed by atoms with Crippen molar-refractivity contribution in [2.45, 2.75) is 59.3 Å². The van der Waals surface area contributed by atoms with E-state index in [1.165, 1.54) is 0 Å². The van der Waals surface area contributed by atoms with Crippen molar-refractivity contribution in [3.05, 3.63) is 21.2 Å². The Morgan fingerprint density at radius 2 is 1.74 bits per heavy atom. The molecule has 1 aromatic heterocycles. The molecule has 0 fully saturated rings. The number of rotatable bonds is 5. The van der Waals surface area contributed by atoms with Gasteiger partial charge in [0.25, 0.3) is 0 Å². The number of nitrogens with zero attached hydrogens (tertiary/aromatic N) is 6. The molecule has 0 bridgehead atoms. The molecule has 0 saturated carbocycles. The van der Waals surface area contributed by atoms with Crippen molar-refractivity contribution in [1.82, 2.24) is 13.4 Å². The summed E-state index contributed by atoms with van der Waals surface area (Å²) in [6.07, 6.45) is 0. The molecule has 7 nitrogen and oxygen atoms in total. The van der Waals surface area contributed by atoms with Crippen LogP contribution < -0.4 is 20.3 Å². The van der Waals surface area contributed by atoms with Gasteiger partial charge in [-0.2, -0.15) is 0 Å². The van der Waals surface area contributed by atoms with E-state index in [0.717, 1.165) is 0 Å². The van der Waals surface area contributed by atoms with Crippen molar-refractivity contribution in [2.24, 2.45) is 9.98 Å². The van der Waals surface area contributed by atoms with Crippen molar-refractivity contribution in [2.75, 3.05) is 18.0 Å². The Kier molecular flexibility index (Phi) is 5.01. The fraction of sp³-hybridized carbons (Fsp3) is 0.733. The molecule has 2 heterocycles. The van der Waals surface area contributed by atoms with Gasteiger partial charge in [-0.1, -0.05) is 0 Å². The average Bonchev–Trinajstić information content (AvgIpc) is 2.69. The summed E-state index contributed by atoms with van der Waals surface area (Å²) in [6, 6.07) is 0.280. The molecular weight excluding hydrogens is 353 g/mol. The predicted octanol–water partition coefficient (Wildman–Crippen LogP) is 0.124. The molecular formula is C15H26GeN6O. The zero-order chi connectivity index (χ0) is 17.5. The zero-order valence-corrected chi connectivity index (χ0v) is 17.3. The molecule has 0 amide bonds. The number of hydrogen-bond acceptors (Lipinski definition) is 6. The topological polar surface area (TPSA) is 66.1 Å². The minimum atomic E-state index is -0.609. The quantitative estimate of drug-likeness (QED) is 0.683. The van der Waals surface area contributed by atoms with Gasteiger partial charge in [0.05, 0.1) is 0 Å². The van der Waals surface area contributed by atoms with E-state index in [4.69, 9.17) is 4.98 Å². The first-order valence-electron chi connectivity index (χ1n) is 7.88. The van der Waals surface area contributed by atoms with Crippen LogP contribution in [0.25, 0.3) is 0 Å². The van der Waals surface area contributed by atoms with Crippen molar-refractivity contribution < 1.29 is 0 Å². The fourth-order valence-electron chi connectivity index (χ4n) is 2.48. The second-order valence-corrected chi connectivity index (χ2v) is 10.3. The summed E-state index contributed by atoms with van der Waals surface area (Å²) in [6.45, 7) is 12.0. The molecule has 1 aliphatic rings.